The van der Waals surface area contributed by atoms with E-state index in [4.69, 9.17) is 9.47 Å². The zero-order valence-electron chi connectivity index (χ0n) is 15.9. The summed E-state index contributed by atoms with van der Waals surface area (Å²) in [6.45, 7) is 9.03. The fourth-order valence-electron chi connectivity index (χ4n) is 2.73. The Kier molecular flexibility index (Phi) is 9.53. The second kappa shape index (κ2) is 12.3. The first kappa shape index (κ1) is 20.2. The molecule has 0 saturated heterocycles. The summed E-state index contributed by atoms with van der Waals surface area (Å²) < 4.78 is 11.7. The van der Waals surface area contributed by atoms with Gasteiger partial charge in [0.1, 0.15) is 19.3 Å². The van der Waals surface area contributed by atoms with Crippen LogP contribution in [0.5, 0.6) is 0 Å². The number of hydrogen-bond acceptors (Lipinski definition) is 2. The highest BCUT2D eigenvalue weighted by molar-refractivity contribution is 5.29. The Bertz CT molecular complexity index is 617. The molecule has 0 radical (unpaired) electrons. The Morgan fingerprint density at radius 2 is 1.38 bits per heavy atom. The lowest BCUT2D eigenvalue weighted by Crippen LogP contribution is -3.11. The maximum absolute atomic E-state index is 6.12. The molecule has 0 saturated carbocycles. The normalized spacial score (nSPS) is 10.8. The van der Waals surface area contributed by atoms with Crippen molar-refractivity contribution in [2.75, 3.05) is 39.5 Å². The molecule has 3 nitrogen and oxygen atoms in total. The van der Waals surface area contributed by atoms with E-state index in [1.54, 1.807) is 0 Å². The van der Waals surface area contributed by atoms with Gasteiger partial charge in [-0.1, -0.05) is 66.6 Å². The lowest BCUT2D eigenvalue weighted by Gasteiger charge is -2.19. The smallest absolute Gasteiger partial charge is 0.139 e. The summed E-state index contributed by atoms with van der Waals surface area (Å²) in [4.78, 5) is 1.49. The van der Waals surface area contributed by atoms with Crippen molar-refractivity contribution in [2.45, 2.75) is 20.0 Å². The highest BCUT2D eigenvalue weighted by atomic mass is 16.5. The van der Waals surface area contributed by atoms with Crippen molar-refractivity contribution in [1.29, 1.82) is 0 Å². The molecule has 0 aliphatic heterocycles. The van der Waals surface area contributed by atoms with E-state index >= 15 is 0 Å². The van der Waals surface area contributed by atoms with E-state index in [1.807, 2.05) is 36.4 Å². The van der Waals surface area contributed by atoms with E-state index in [0.717, 1.165) is 30.8 Å². The van der Waals surface area contributed by atoms with Gasteiger partial charge in [0.05, 0.1) is 26.3 Å². The molecule has 3 heteroatoms. The van der Waals surface area contributed by atoms with Gasteiger partial charge < -0.3 is 14.4 Å². The molecule has 0 fully saturated rings. The van der Waals surface area contributed by atoms with Gasteiger partial charge >= 0.3 is 0 Å². The monoisotopic (exact) mass is 352 g/mol. The fourth-order valence-corrected chi connectivity index (χ4v) is 2.73. The van der Waals surface area contributed by atoms with Crippen LogP contribution in [-0.4, -0.2) is 39.5 Å². The Morgan fingerprint density at radius 1 is 0.808 bits per heavy atom. The van der Waals surface area contributed by atoms with Crippen LogP contribution >= 0.6 is 0 Å². The predicted molar refractivity (Wildman–Crippen MR) is 106 cm³/mol. The van der Waals surface area contributed by atoms with Crippen LogP contribution in [-0.2, 0) is 9.47 Å². The summed E-state index contributed by atoms with van der Waals surface area (Å²) in [5.74, 6) is 6.27. The van der Waals surface area contributed by atoms with Gasteiger partial charge in [-0.25, -0.2) is 0 Å². The third kappa shape index (κ3) is 7.01. The average Bonchev–Trinajstić information content (AvgIpc) is 2.71. The first-order valence-corrected chi connectivity index (χ1v) is 9.43. The van der Waals surface area contributed by atoms with Crippen molar-refractivity contribution in [3.05, 3.63) is 71.8 Å². The minimum Gasteiger partial charge on any atom is -0.366 e. The molecular weight excluding hydrogens is 322 g/mol. The first-order chi connectivity index (χ1) is 12.8. The molecule has 0 amide bonds. The van der Waals surface area contributed by atoms with Crippen LogP contribution in [0.15, 0.2) is 60.7 Å². The summed E-state index contributed by atoms with van der Waals surface area (Å²) in [5, 5.41) is 0. The summed E-state index contributed by atoms with van der Waals surface area (Å²) in [5.41, 5.74) is 2.31. The summed E-state index contributed by atoms with van der Waals surface area (Å²) >= 11 is 0. The number of ether oxygens (including phenoxy) is 2. The molecule has 2 aromatic rings. The van der Waals surface area contributed by atoms with E-state index in [2.05, 4.69) is 50.0 Å². The van der Waals surface area contributed by atoms with Gasteiger partial charge in [0, 0.05) is 0 Å². The van der Waals surface area contributed by atoms with Crippen molar-refractivity contribution in [2.24, 2.45) is 0 Å². The van der Waals surface area contributed by atoms with Crippen LogP contribution in [0.3, 0.4) is 0 Å². The maximum atomic E-state index is 6.12. The van der Waals surface area contributed by atoms with Crippen LogP contribution in [0, 0.1) is 11.8 Å². The fraction of sp³-hybridized carbons (Fsp3) is 0.391. The van der Waals surface area contributed by atoms with Gasteiger partial charge in [0.25, 0.3) is 0 Å². The summed E-state index contributed by atoms with van der Waals surface area (Å²) in [7, 11) is 0. The second-order valence-electron chi connectivity index (χ2n) is 6.11. The molecule has 1 N–H and O–H groups in total. The molecule has 26 heavy (non-hydrogen) atoms. The number of rotatable bonds is 10. The van der Waals surface area contributed by atoms with Crippen LogP contribution < -0.4 is 4.90 Å². The number of quaternary nitrogens is 1. The van der Waals surface area contributed by atoms with Crippen LogP contribution in [0.4, 0.5) is 0 Å². The van der Waals surface area contributed by atoms with E-state index in [1.165, 1.54) is 4.90 Å². The number of nitrogens with one attached hydrogen (secondary N) is 1. The van der Waals surface area contributed by atoms with Gasteiger partial charge in [0.15, 0.2) is 0 Å². The quantitative estimate of drug-likeness (QED) is 0.525. The van der Waals surface area contributed by atoms with Crippen molar-refractivity contribution < 1.29 is 14.4 Å². The third-order valence-corrected chi connectivity index (χ3v) is 4.35. The summed E-state index contributed by atoms with van der Waals surface area (Å²) in [6, 6.07) is 20.6. The summed E-state index contributed by atoms with van der Waals surface area (Å²) in [6.07, 6.45) is -0.0710. The van der Waals surface area contributed by atoms with Gasteiger partial charge in [-0.15, -0.1) is 0 Å². The lowest BCUT2D eigenvalue weighted by molar-refractivity contribution is -0.889. The zero-order valence-corrected chi connectivity index (χ0v) is 15.9. The van der Waals surface area contributed by atoms with Crippen LogP contribution in [0.1, 0.15) is 31.1 Å². The minimum atomic E-state index is -0.0710. The molecular formula is C23H30NO2+. The SMILES string of the molecule is CC[NH+](CC)CC#CCOCCOC(c1ccccc1)c1ccccc1. The molecule has 2 rings (SSSR count). The number of benzene rings is 2. The third-order valence-electron chi connectivity index (χ3n) is 4.35. The molecule has 0 aliphatic rings. The Morgan fingerprint density at radius 3 is 1.92 bits per heavy atom. The molecule has 0 spiro atoms. The lowest BCUT2D eigenvalue weighted by atomic mass is 10.0. The van der Waals surface area contributed by atoms with E-state index in [0.29, 0.717) is 19.8 Å². The molecule has 0 unspecified atom stereocenters. The molecule has 2 aromatic carbocycles. The minimum absolute atomic E-state index is 0.0710. The second-order valence-corrected chi connectivity index (χ2v) is 6.11. The molecule has 138 valence electrons. The predicted octanol–water partition coefficient (Wildman–Crippen LogP) is 2.74. The molecule has 0 aliphatic carbocycles. The van der Waals surface area contributed by atoms with Crippen molar-refractivity contribution in [3.63, 3.8) is 0 Å². The van der Waals surface area contributed by atoms with Crippen LogP contribution in [0.25, 0.3) is 0 Å². The van der Waals surface area contributed by atoms with E-state index in [-0.39, 0.29) is 6.10 Å². The Balaban J connectivity index is 1.77. The van der Waals surface area contributed by atoms with Gasteiger partial charge in [0.2, 0.25) is 0 Å². The highest BCUT2D eigenvalue weighted by Crippen LogP contribution is 2.25. The van der Waals surface area contributed by atoms with E-state index in [9.17, 15) is 0 Å². The van der Waals surface area contributed by atoms with Gasteiger partial charge in [-0.3, -0.25) is 0 Å². The van der Waals surface area contributed by atoms with Crippen LogP contribution in [0.2, 0.25) is 0 Å². The molecule has 0 bridgehead atoms. The molecule has 0 aromatic heterocycles. The molecule has 0 atom stereocenters. The average molecular weight is 352 g/mol. The topological polar surface area (TPSA) is 22.9 Å². The van der Waals surface area contributed by atoms with E-state index < -0.39 is 0 Å². The van der Waals surface area contributed by atoms with Gasteiger partial charge in [-0.05, 0) is 30.9 Å². The Labute approximate surface area is 157 Å². The Hall–Kier alpha value is -2.12. The van der Waals surface area contributed by atoms with Gasteiger partial charge in [-0.2, -0.15) is 0 Å². The van der Waals surface area contributed by atoms with Crippen molar-refractivity contribution in [3.8, 4) is 11.8 Å². The first-order valence-electron chi connectivity index (χ1n) is 9.43. The maximum Gasteiger partial charge on any atom is 0.139 e. The largest absolute Gasteiger partial charge is 0.366 e. The molecule has 0 heterocycles. The number of hydrogen-bond donors (Lipinski definition) is 1. The standard InChI is InChI=1S/C23H29NO2/c1-3-24(4-2)17-11-12-18-25-19-20-26-23(21-13-7-5-8-14-21)22-15-9-6-10-16-22/h5-10,13-16,23H,3-4,17-20H2,1-2H3/p+1. The van der Waals surface area contributed by atoms with Crippen molar-refractivity contribution in [1.82, 2.24) is 0 Å². The highest BCUT2D eigenvalue weighted by Gasteiger charge is 2.13. The zero-order chi connectivity index (χ0) is 18.5. The van der Waals surface area contributed by atoms with Crippen molar-refractivity contribution >= 4 is 0 Å².